The van der Waals surface area contributed by atoms with Crippen LogP contribution in [0.1, 0.15) is 38.7 Å². The van der Waals surface area contributed by atoms with Crippen LogP contribution < -0.4 is 0 Å². The van der Waals surface area contributed by atoms with Crippen molar-refractivity contribution in [3.8, 4) is 0 Å². The quantitative estimate of drug-likeness (QED) is 0.756. The fourth-order valence-electron chi connectivity index (χ4n) is 1.91. The summed E-state index contributed by atoms with van der Waals surface area (Å²) in [7, 11) is 0. The molecule has 0 aliphatic rings. The highest BCUT2D eigenvalue weighted by molar-refractivity contribution is 9.10. The molecule has 1 aromatic carbocycles. The minimum atomic E-state index is 0.341. The maximum absolute atomic E-state index is 11.8. The third kappa shape index (κ3) is 4.48. The van der Waals surface area contributed by atoms with E-state index >= 15 is 0 Å². The third-order valence-electron chi connectivity index (χ3n) is 2.70. The maximum atomic E-state index is 11.8. The molecule has 0 fully saturated rings. The van der Waals surface area contributed by atoms with Crippen molar-refractivity contribution < 1.29 is 4.79 Å². The van der Waals surface area contributed by atoms with Crippen molar-refractivity contribution in [2.75, 3.05) is 0 Å². The molecule has 0 bridgehead atoms. The van der Waals surface area contributed by atoms with Gasteiger partial charge in [-0.1, -0.05) is 60.8 Å². The highest BCUT2D eigenvalue weighted by Gasteiger charge is 2.10. The van der Waals surface area contributed by atoms with Crippen molar-refractivity contribution in [3.05, 3.63) is 34.3 Å². The van der Waals surface area contributed by atoms with Crippen LogP contribution in [-0.2, 0) is 11.2 Å². The van der Waals surface area contributed by atoms with Crippen molar-refractivity contribution in [1.82, 2.24) is 0 Å². The van der Waals surface area contributed by atoms with Crippen LogP contribution >= 0.6 is 15.9 Å². The van der Waals surface area contributed by atoms with E-state index in [1.165, 1.54) is 0 Å². The Bertz CT molecular complexity index is 346. The van der Waals surface area contributed by atoms with Crippen LogP contribution in [-0.4, -0.2) is 5.78 Å². The predicted molar refractivity (Wildman–Crippen MR) is 71.5 cm³/mol. The van der Waals surface area contributed by atoms with E-state index in [2.05, 4.69) is 29.8 Å². The van der Waals surface area contributed by atoms with Crippen molar-refractivity contribution in [3.63, 3.8) is 0 Å². The second-order valence-corrected chi connectivity index (χ2v) is 5.26. The molecular weight excluding hydrogens is 264 g/mol. The van der Waals surface area contributed by atoms with Gasteiger partial charge in [0.15, 0.2) is 0 Å². The molecule has 1 atom stereocenters. The number of ketones is 1. The molecular formula is C14H19BrO. The lowest BCUT2D eigenvalue weighted by atomic mass is 9.96. The standard InChI is InChI=1S/C14H19BrO/c1-3-6-11(2)9-13(16)10-12-7-4-5-8-14(12)15/h4-5,7-8,11H,3,6,9-10H2,1-2H3. The lowest BCUT2D eigenvalue weighted by Crippen LogP contribution is -2.08. The first-order valence-electron chi connectivity index (χ1n) is 5.88. The van der Waals surface area contributed by atoms with Gasteiger partial charge in [-0.25, -0.2) is 0 Å². The number of hydrogen-bond acceptors (Lipinski definition) is 1. The molecule has 1 aromatic rings. The van der Waals surface area contributed by atoms with Crippen molar-refractivity contribution in [2.24, 2.45) is 5.92 Å². The first-order valence-corrected chi connectivity index (χ1v) is 6.68. The monoisotopic (exact) mass is 282 g/mol. The molecule has 1 unspecified atom stereocenters. The Labute approximate surface area is 106 Å². The molecule has 1 nitrogen and oxygen atoms in total. The number of Topliss-reactive ketones (excluding diaryl/α,β-unsaturated/α-hetero) is 1. The van der Waals surface area contributed by atoms with Gasteiger partial charge in [-0.3, -0.25) is 4.79 Å². The molecule has 0 saturated heterocycles. The predicted octanol–water partition coefficient (Wildman–Crippen LogP) is 4.39. The molecule has 0 amide bonds. The fraction of sp³-hybridized carbons (Fsp3) is 0.500. The Morgan fingerprint density at radius 1 is 1.38 bits per heavy atom. The van der Waals surface area contributed by atoms with Crippen molar-refractivity contribution in [2.45, 2.75) is 39.5 Å². The third-order valence-corrected chi connectivity index (χ3v) is 3.48. The summed E-state index contributed by atoms with van der Waals surface area (Å²) in [5.41, 5.74) is 1.09. The average molecular weight is 283 g/mol. The van der Waals surface area contributed by atoms with Gasteiger partial charge < -0.3 is 0 Å². The van der Waals surface area contributed by atoms with E-state index in [-0.39, 0.29) is 0 Å². The van der Waals surface area contributed by atoms with E-state index in [1.54, 1.807) is 0 Å². The van der Waals surface area contributed by atoms with Crippen LogP contribution in [0.15, 0.2) is 28.7 Å². The molecule has 0 heterocycles. The van der Waals surface area contributed by atoms with Gasteiger partial charge in [0.05, 0.1) is 0 Å². The lowest BCUT2D eigenvalue weighted by molar-refractivity contribution is -0.119. The molecule has 16 heavy (non-hydrogen) atoms. The van der Waals surface area contributed by atoms with Gasteiger partial charge >= 0.3 is 0 Å². The highest BCUT2D eigenvalue weighted by atomic mass is 79.9. The Hall–Kier alpha value is -0.630. The second-order valence-electron chi connectivity index (χ2n) is 4.40. The summed E-state index contributed by atoms with van der Waals surface area (Å²) in [6.45, 7) is 4.32. The van der Waals surface area contributed by atoms with E-state index in [4.69, 9.17) is 0 Å². The number of carbonyl (C=O) groups excluding carboxylic acids is 1. The maximum Gasteiger partial charge on any atom is 0.137 e. The molecule has 0 spiro atoms. The zero-order valence-corrected chi connectivity index (χ0v) is 11.6. The first kappa shape index (κ1) is 13.4. The van der Waals surface area contributed by atoms with Crippen molar-refractivity contribution in [1.29, 1.82) is 0 Å². The summed E-state index contributed by atoms with van der Waals surface area (Å²) in [5, 5.41) is 0. The summed E-state index contributed by atoms with van der Waals surface area (Å²) in [5.74, 6) is 0.854. The minimum Gasteiger partial charge on any atom is -0.299 e. The fourth-order valence-corrected chi connectivity index (χ4v) is 2.33. The van der Waals surface area contributed by atoms with E-state index in [9.17, 15) is 4.79 Å². The van der Waals surface area contributed by atoms with Crippen LogP contribution in [0.5, 0.6) is 0 Å². The van der Waals surface area contributed by atoms with E-state index in [0.29, 0.717) is 24.5 Å². The van der Waals surface area contributed by atoms with E-state index in [0.717, 1.165) is 22.9 Å². The zero-order valence-electron chi connectivity index (χ0n) is 10.0. The Morgan fingerprint density at radius 2 is 2.06 bits per heavy atom. The largest absolute Gasteiger partial charge is 0.299 e. The van der Waals surface area contributed by atoms with Crippen LogP contribution in [0, 0.1) is 5.92 Å². The summed E-state index contributed by atoms with van der Waals surface area (Å²) in [4.78, 5) is 11.8. The smallest absolute Gasteiger partial charge is 0.137 e. The molecule has 88 valence electrons. The van der Waals surface area contributed by atoms with Crippen LogP contribution in [0.4, 0.5) is 0 Å². The van der Waals surface area contributed by atoms with Gasteiger partial charge in [0.25, 0.3) is 0 Å². The zero-order chi connectivity index (χ0) is 12.0. The Balaban J connectivity index is 2.49. The number of hydrogen-bond donors (Lipinski definition) is 0. The van der Waals surface area contributed by atoms with Crippen LogP contribution in [0.2, 0.25) is 0 Å². The molecule has 0 aliphatic heterocycles. The number of carbonyl (C=O) groups is 1. The van der Waals surface area contributed by atoms with Crippen molar-refractivity contribution >= 4 is 21.7 Å². The van der Waals surface area contributed by atoms with Gasteiger partial charge in [0, 0.05) is 17.3 Å². The van der Waals surface area contributed by atoms with Gasteiger partial charge in [-0.05, 0) is 17.5 Å². The van der Waals surface area contributed by atoms with Gasteiger partial charge in [-0.15, -0.1) is 0 Å². The lowest BCUT2D eigenvalue weighted by Gasteiger charge is -2.09. The molecule has 1 rings (SSSR count). The number of rotatable bonds is 6. The van der Waals surface area contributed by atoms with Gasteiger partial charge in [0.1, 0.15) is 5.78 Å². The molecule has 2 heteroatoms. The first-order chi connectivity index (χ1) is 7.63. The van der Waals surface area contributed by atoms with Crippen LogP contribution in [0.3, 0.4) is 0 Å². The summed E-state index contributed by atoms with van der Waals surface area (Å²) in [6.07, 6.45) is 3.55. The van der Waals surface area contributed by atoms with Crippen LogP contribution in [0.25, 0.3) is 0 Å². The second kappa shape index (κ2) is 6.85. The molecule has 0 N–H and O–H groups in total. The molecule has 0 aromatic heterocycles. The Kier molecular flexibility index (Phi) is 5.75. The van der Waals surface area contributed by atoms with Gasteiger partial charge in [-0.2, -0.15) is 0 Å². The SMILES string of the molecule is CCCC(C)CC(=O)Cc1ccccc1Br. The summed E-state index contributed by atoms with van der Waals surface area (Å²) < 4.78 is 1.03. The topological polar surface area (TPSA) is 17.1 Å². The van der Waals surface area contributed by atoms with Gasteiger partial charge in [0.2, 0.25) is 0 Å². The average Bonchev–Trinajstić information content (AvgIpc) is 2.21. The van der Waals surface area contributed by atoms with E-state index in [1.807, 2.05) is 24.3 Å². The Morgan fingerprint density at radius 3 is 2.69 bits per heavy atom. The highest BCUT2D eigenvalue weighted by Crippen LogP contribution is 2.18. The number of halogens is 1. The molecule has 0 saturated carbocycles. The molecule has 0 aliphatic carbocycles. The van der Waals surface area contributed by atoms with E-state index < -0.39 is 0 Å². The summed E-state index contributed by atoms with van der Waals surface area (Å²) in [6, 6.07) is 7.94. The normalized spacial score (nSPS) is 12.4. The molecule has 0 radical (unpaired) electrons. The minimum absolute atomic E-state index is 0.341. The summed E-state index contributed by atoms with van der Waals surface area (Å²) >= 11 is 3.47. The number of benzene rings is 1.